The summed E-state index contributed by atoms with van der Waals surface area (Å²) in [7, 11) is 4.93. The third-order valence-corrected chi connectivity index (χ3v) is 6.64. The van der Waals surface area contributed by atoms with Crippen LogP contribution in [0.4, 0.5) is 5.69 Å². The summed E-state index contributed by atoms with van der Waals surface area (Å²) >= 11 is 0. The minimum atomic E-state index is -0.0440. The molecular weight excluding hydrogens is 468 g/mol. The van der Waals surface area contributed by atoms with Crippen LogP contribution in [0.5, 0.6) is 17.2 Å². The number of nitrogens with zero attached hydrogens (tertiary/aromatic N) is 4. The van der Waals surface area contributed by atoms with Crippen molar-refractivity contribution in [3.8, 4) is 34.2 Å². The van der Waals surface area contributed by atoms with Crippen molar-refractivity contribution in [2.24, 2.45) is 0 Å². The molecule has 37 heavy (non-hydrogen) atoms. The van der Waals surface area contributed by atoms with Crippen molar-refractivity contribution in [3.63, 3.8) is 0 Å². The molecule has 5 rings (SSSR count). The van der Waals surface area contributed by atoms with Crippen LogP contribution in [0, 0.1) is 0 Å². The summed E-state index contributed by atoms with van der Waals surface area (Å²) in [5.41, 5.74) is 4.07. The maximum atomic E-state index is 13.8. The Balaban J connectivity index is 1.40. The number of hydrogen-bond donors (Lipinski definition) is 0. The van der Waals surface area contributed by atoms with E-state index in [4.69, 9.17) is 19.3 Å². The van der Waals surface area contributed by atoms with E-state index in [1.165, 1.54) is 0 Å². The second-order valence-corrected chi connectivity index (χ2v) is 8.73. The van der Waals surface area contributed by atoms with Crippen molar-refractivity contribution >= 4 is 11.6 Å². The lowest BCUT2D eigenvalue weighted by Crippen LogP contribution is -2.49. The SMILES string of the molecule is COc1ccc(-c2cc(C(=O)N3CCN(c4ccc(OC)cc4)CC3)n(-c3ccc(OC)cc3)n2)cc1. The van der Waals surface area contributed by atoms with Crippen LogP contribution in [-0.4, -0.2) is 68.1 Å². The Morgan fingerprint density at radius 3 is 1.68 bits per heavy atom. The number of piperazine rings is 1. The summed E-state index contributed by atoms with van der Waals surface area (Å²) < 4.78 is 17.6. The highest BCUT2D eigenvalue weighted by molar-refractivity contribution is 5.94. The summed E-state index contributed by atoms with van der Waals surface area (Å²) in [5.74, 6) is 2.30. The standard InChI is InChI=1S/C29H30N4O4/c1-35-24-10-4-21(5-11-24)27-20-28(33(30-27)23-8-14-26(37-3)15-9-23)29(34)32-18-16-31(17-19-32)22-6-12-25(36-2)13-7-22/h4-15,20H,16-19H2,1-3H3. The van der Waals surface area contributed by atoms with Gasteiger partial charge >= 0.3 is 0 Å². The van der Waals surface area contributed by atoms with E-state index in [-0.39, 0.29) is 5.91 Å². The summed E-state index contributed by atoms with van der Waals surface area (Å²) in [5, 5.41) is 4.82. The molecule has 0 atom stereocenters. The molecule has 0 unspecified atom stereocenters. The lowest BCUT2D eigenvalue weighted by molar-refractivity contribution is 0.0737. The van der Waals surface area contributed by atoms with Gasteiger partial charge in [-0.05, 0) is 78.9 Å². The second-order valence-electron chi connectivity index (χ2n) is 8.73. The van der Waals surface area contributed by atoms with Gasteiger partial charge in [0.15, 0.2) is 0 Å². The van der Waals surface area contributed by atoms with E-state index in [2.05, 4.69) is 17.0 Å². The molecule has 0 saturated carbocycles. The number of hydrogen-bond acceptors (Lipinski definition) is 6. The molecule has 1 aliphatic heterocycles. The third kappa shape index (κ3) is 5.09. The van der Waals surface area contributed by atoms with Crippen molar-refractivity contribution in [1.82, 2.24) is 14.7 Å². The molecule has 1 aliphatic rings. The fraction of sp³-hybridized carbons (Fsp3) is 0.241. The Morgan fingerprint density at radius 1 is 0.676 bits per heavy atom. The normalized spacial score (nSPS) is 13.4. The molecule has 1 aromatic heterocycles. The number of carbonyl (C=O) groups is 1. The van der Waals surface area contributed by atoms with Gasteiger partial charge in [0, 0.05) is 37.4 Å². The van der Waals surface area contributed by atoms with E-state index in [1.54, 1.807) is 26.0 Å². The first kappa shape index (κ1) is 24.2. The first-order valence-electron chi connectivity index (χ1n) is 12.2. The zero-order valence-electron chi connectivity index (χ0n) is 21.3. The zero-order valence-corrected chi connectivity index (χ0v) is 21.3. The fourth-order valence-corrected chi connectivity index (χ4v) is 4.48. The Labute approximate surface area is 216 Å². The Kier molecular flexibility index (Phi) is 6.98. The van der Waals surface area contributed by atoms with Crippen LogP contribution in [0.2, 0.25) is 0 Å². The quantitative estimate of drug-likeness (QED) is 0.373. The second kappa shape index (κ2) is 10.7. The minimum Gasteiger partial charge on any atom is -0.497 e. The predicted molar refractivity (Wildman–Crippen MR) is 143 cm³/mol. The van der Waals surface area contributed by atoms with E-state index in [9.17, 15) is 4.79 Å². The van der Waals surface area contributed by atoms with E-state index in [0.717, 1.165) is 53.0 Å². The summed E-state index contributed by atoms with van der Waals surface area (Å²) in [6.45, 7) is 2.74. The number of ether oxygens (including phenoxy) is 3. The number of anilines is 1. The Morgan fingerprint density at radius 2 is 1.16 bits per heavy atom. The number of rotatable bonds is 7. The molecule has 0 bridgehead atoms. The molecule has 3 aromatic carbocycles. The first-order valence-corrected chi connectivity index (χ1v) is 12.2. The van der Waals surface area contributed by atoms with Crippen molar-refractivity contribution in [3.05, 3.63) is 84.6 Å². The van der Waals surface area contributed by atoms with E-state index < -0.39 is 0 Å². The van der Waals surface area contributed by atoms with Crippen LogP contribution in [0.3, 0.4) is 0 Å². The molecule has 0 spiro atoms. The highest BCUT2D eigenvalue weighted by Gasteiger charge is 2.26. The lowest BCUT2D eigenvalue weighted by Gasteiger charge is -2.36. The number of benzene rings is 3. The molecule has 2 heterocycles. The van der Waals surface area contributed by atoms with Gasteiger partial charge in [0.1, 0.15) is 22.9 Å². The van der Waals surface area contributed by atoms with Gasteiger partial charge in [0.2, 0.25) is 0 Å². The van der Waals surface area contributed by atoms with Gasteiger partial charge in [-0.2, -0.15) is 5.10 Å². The van der Waals surface area contributed by atoms with Gasteiger partial charge in [0.25, 0.3) is 5.91 Å². The van der Waals surface area contributed by atoms with Gasteiger partial charge in [-0.3, -0.25) is 4.79 Å². The Bertz CT molecular complexity index is 1340. The van der Waals surface area contributed by atoms with Gasteiger partial charge in [-0.15, -0.1) is 0 Å². The van der Waals surface area contributed by atoms with Crippen molar-refractivity contribution in [1.29, 1.82) is 0 Å². The molecule has 1 saturated heterocycles. The van der Waals surface area contributed by atoms with E-state index >= 15 is 0 Å². The molecule has 1 amide bonds. The lowest BCUT2D eigenvalue weighted by atomic mass is 10.1. The maximum absolute atomic E-state index is 13.8. The summed E-state index contributed by atoms with van der Waals surface area (Å²) in [6.07, 6.45) is 0. The highest BCUT2D eigenvalue weighted by atomic mass is 16.5. The van der Waals surface area contributed by atoms with Crippen molar-refractivity contribution in [2.45, 2.75) is 0 Å². The number of methoxy groups -OCH3 is 3. The molecule has 0 radical (unpaired) electrons. The number of amides is 1. The smallest absolute Gasteiger partial charge is 0.272 e. The molecule has 0 N–H and O–H groups in total. The molecule has 4 aromatic rings. The van der Waals surface area contributed by atoms with Crippen LogP contribution in [0.15, 0.2) is 78.9 Å². The number of carbonyl (C=O) groups excluding carboxylic acids is 1. The number of aromatic nitrogens is 2. The molecular formula is C29H30N4O4. The van der Waals surface area contributed by atoms with Gasteiger partial charge in [-0.1, -0.05) is 0 Å². The van der Waals surface area contributed by atoms with Crippen LogP contribution < -0.4 is 19.1 Å². The largest absolute Gasteiger partial charge is 0.497 e. The molecule has 8 nitrogen and oxygen atoms in total. The zero-order chi connectivity index (χ0) is 25.8. The van der Waals surface area contributed by atoms with Gasteiger partial charge in [-0.25, -0.2) is 4.68 Å². The average Bonchev–Trinajstić information content (AvgIpc) is 3.42. The van der Waals surface area contributed by atoms with Crippen molar-refractivity contribution in [2.75, 3.05) is 52.4 Å². The molecule has 1 fully saturated rings. The topological polar surface area (TPSA) is 69.1 Å². The summed E-state index contributed by atoms with van der Waals surface area (Å²) in [4.78, 5) is 18.0. The van der Waals surface area contributed by atoms with Crippen LogP contribution in [0.1, 0.15) is 10.5 Å². The van der Waals surface area contributed by atoms with Crippen LogP contribution >= 0.6 is 0 Å². The summed E-state index contributed by atoms with van der Waals surface area (Å²) in [6, 6.07) is 25.1. The van der Waals surface area contributed by atoms with E-state index in [1.807, 2.05) is 71.6 Å². The molecule has 0 aliphatic carbocycles. The predicted octanol–water partition coefficient (Wildman–Crippen LogP) is 4.53. The molecule has 8 heteroatoms. The first-order chi connectivity index (χ1) is 18.1. The third-order valence-electron chi connectivity index (χ3n) is 6.64. The van der Waals surface area contributed by atoms with Crippen molar-refractivity contribution < 1.29 is 19.0 Å². The van der Waals surface area contributed by atoms with E-state index in [0.29, 0.717) is 18.8 Å². The average molecular weight is 499 g/mol. The van der Waals surface area contributed by atoms with Crippen LogP contribution in [-0.2, 0) is 0 Å². The Hall–Kier alpha value is -4.46. The molecule has 190 valence electrons. The minimum absolute atomic E-state index is 0.0440. The van der Waals surface area contributed by atoms with Gasteiger partial charge in [0.05, 0.1) is 32.7 Å². The monoisotopic (exact) mass is 498 g/mol. The highest BCUT2D eigenvalue weighted by Crippen LogP contribution is 2.27. The van der Waals surface area contributed by atoms with Crippen LogP contribution in [0.25, 0.3) is 16.9 Å². The maximum Gasteiger partial charge on any atom is 0.272 e. The fourth-order valence-electron chi connectivity index (χ4n) is 4.48. The van der Waals surface area contributed by atoms with Gasteiger partial charge < -0.3 is 24.0 Å².